The van der Waals surface area contributed by atoms with Crippen LogP contribution in [0.15, 0.2) is 22.7 Å². The number of benzene rings is 1. The zero-order valence-corrected chi connectivity index (χ0v) is 13.8. The fourth-order valence-corrected chi connectivity index (χ4v) is 2.62. The van der Waals surface area contributed by atoms with Crippen molar-refractivity contribution >= 4 is 15.9 Å². The van der Waals surface area contributed by atoms with Crippen molar-refractivity contribution in [1.82, 2.24) is 5.32 Å². The highest BCUT2D eigenvalue weighted by Gasteiger charge is 2.35. The summed E-state index contributed by atoms with van der Waals surface area (Å²) < 4.78 is 39.1. The lowest BCUT2D eigenvalue weighted by Crippen LogP contribution is -2.33. The molecular formula is C15H21BrF3N. The maximum atomic E-state index is 13.0. The number of hydrogen-bond donors (Lipinski definition) is 1. The summed E-state index contributed by atoms with van der Waals surface area (Å²) in [5.74, 6) is 0. The topological polar surface area (TPSA) is 12.0 Å². The predicted molar refractivity (Wildman–Crippen MR) is 79.6 cm³/mol. The third-order valence-electron chi connectivity index (χ3n) is 3.09. The van der Waals surface area contributed by atoms with Gasteiger partial charge in [0.25, 0.3) is 0 Å². The molecule has 20 heavy (non-hydrogen) atoms. The van der Waals surface area contributed by atoms with Gasteiger partial charge in [0.05, 0.1) is 5.56 Å². The molecule has 0 amide bonds. The lowest BCUT2D eigenvalue weighted by Gasteiger charge is -2.32. The first-order valence-corrected chi connectivity index (χ1v) is 7.46. The summed E-state index contributed by atoms with van der Waals surface area (Å²) in [6, 6.07) is 4.35. The second kappa shape index (κ2) is 6.48. The van der Waals surface area contributed by atoms with Gasteiger partial charge >= 0.3 is 6.18 Å². The normalized spacial score (nSPS) is 14.4. The Labute approximate surface area is 127 Å². The molecule has 0 saturated carbocycles. The quantitative estimate of drug-likeness (QED) is 0.749. The highest BCUT2D eigenvalue weighted by molar-refractivity contribution is 9.10. The SMILES string of the molecule is CCCNC(c1ccc(Br)c(C(F)(F)F)c1)C(C)(C)C. The molecule has 0 aliphatic rings. The molecule has 5 heteroatoms. The minimum absolute atomic E-state index is 0.0805. The monoisotopic (exact) mass is 351 g/mol. The van der Waals surface area contributed by atoms with Gasteiger partial charge in [0, 0.05) is 10.5 Å². The van der Waals surface area contributed by atoms with Gasteiger partial charge in [-0.1, -0.05) is 49.7 Å². The van der Waals surface area contributed by atoms with Gasteiger partial charge in [-0.3, -0.25) is 0 Å². The summed E-state index contributed by atoms with van der Waals surface area (Å²) in [6.07, 6.45) is -3.41. The van der Waals surface area contributed by atoms with E-state index in [9.17, 15) is 13.2 Å². The van der Waals surface area contributed by atoms with Crippen molar-refractivity contribution in [3.05, 3.63) is 33.8 Å². The number of halogens is 4. The fraction of sp³-hybridized carbons (Fsp3) is 0.600. The maximum Gasteiger partial charge on any atom is 0.417 e. The lowest BCUT2D eigenvalue weighted by atomic mass is 9.82. The fourth-order valence-electron chi connectivity index (χ4n) is 2.15. The average Bonchev–Trinajstić information content (AvgIpc) is 2.28. The Morgan fingerprint density at radius 1 is 1.20 bits per heavy atom. The van der Waals surface area contributed by atoms with Crippen LogP contribution in [0.5, 0.6) is 0 Å². The van der Waals surface area contributed by atoms with Crippen LogP contribution in [0.25, 0.3) is 0 Å². The van der Waals surface area contributed by atoms with E-state index in [1.165, 1.54) is 12.1 Å². The summed E-state index contributed by atoms with van der Waals surface area (Å²) in [7, 11) is 0. The first-order chi connectivity index (χ1) is 9.07. The van der Waals surface area contributed by atoms with Gasteiger partial charge in [-0.15, -0.1) is 0 Å². The minimum Gasteiger partial charge on any atom is -0.309 e. The molecular weight excluding hydrogens is 331 g/mol. The molecule has 0 aliphatic heterocycles. The highest BCUT2D eigenvalue weighted by Crippen LogP contribution is 2.39. The largest absolute Gasteiger partial charge is 0.417 e. The molecule has 1 atom stereocenters. The molecule has 0 heterocycles. The van der Waals surface area contributed by atoms with Crippen LogP contribution in [0.2, 0.25) is 0 Å². The van der Waals surface area contributed by atoms with Crippen LogP contribution in [0.3, 0.4) is 0 Å². The molecule has 114 valence electrons. The number of alkyl halides is 3. The second-order valence-corrected chi connectivity index (χ2v) is 6.84. The first-order valence-electron chi connectivity index (χ1n) is 6.67. The van der Waals surface area contributed by atoms with Crippen molar-refractivity contribution in [3.8, 4) is 0 Å². The van der Waals surface area contributed by atoms with Crippen molar-refractivity contribution in [3.63, 3.8) is 0 Å². The molecule has 0 aliphatic carbocycles. The Bertz CT molecular complexity index is 449. The Balaban J connectivity index is 3.21. The van der Waals surface area contributed by atoms with E-state index in [0.29, 0.717) is 5.56 Å². The van der Waals surface area contributed by atoms with Crippen LogP contribution >= 0.6 is 15.9 Å². The van der Waals surface area contributed by atoms with Crippen LogP contribution < -0.4 is 5.32 Å². The van der Waals surface area contributed by atoms with Gasteiger partial charge in [0.1, 0.15) is 0 Å². The van der Waals surface area contributed by atoms with E-state index in [0.717, 1.165) is 13.0 Å². The smallest absolute Gasteiger partial charge is 0.309 e. The highest BCUT2D eigenvalue weighted by atomic mass is 79.9. The minimum atomic E-state index is -4.35. The molecule has 0 bridgehead atoms. The summed E-state index contributed by atoms with van der Waals surface area (Å²) in [6.45, 7) is 8.88. The Morgan fingerprint density at radius 3 is 2.25 bits per heavy atom. The van der Waals surface area contributed by atoms with Crippen molar-refractivity contribution < 1.29 is 13.2 Å². The number of rotatable bonds is 4. The van der Waals surface area contributed by atoms with Crippen molar-refractivity contribution in [1.29, 1.82) is 0 Å². The summed E-state index contributed by atoms with van der Waals surface area (Å²) in [5.41, 5.74) is -0.115. The molecule has 1 N–H and O–H groups in total. The summed E-state index contributed by atoms with van der Waals surface area (Å²) in [4.78, 5) is 0. The predicted octanol–water partition coefficient (Wildman–Crippen LogP) is 5.55. The number of hydrogen-bond acceptors (Lipinski definition) is 1. The Hall–Kier alpha value is -0.550. The summed E-state index contributed by atoms with van der Waals surface area (Å²) in [5, 5.41) is 3.34. The van der Waals surface area contributed by atoms with Crippen LogP contribution in [-0.2, 0) is 6.18 Å². The average molecular weight is 352 g/mol. The first kappa shape index (κ1) is 17.5. The molecule has 1 aromatic rings. The van der Waals surface area contributed by atoms with Gasteiger partial charge in [0.2, 0.25) is 0 Å². The van der Waals surface area contributed by atoms with Gasteiger partial charge < -0.3 is 5.32 Å². The van der Waals surface area contributed by atoms with E-state index < -0.39 is 11.7 Å². The summed E-state index contributed by atoms with van der Waals surface area (Å²) >= 11 is 2.98. The van der Waals surface area contributed by atoms with E-state index in [1.807, 2.05) is 27.7 Å². The van der Waals surface area contributed by atoms with E-state index >= 15 is 0 Å². The Morgan fingerprint density at radius 2 is 1.80 bits per heavy atom. The molecule has 1 rings (SSSR count). The van der Waals surface area contributed by atoms with Crippen LogP contribution in [0.1, 0.15) is 51.3 Å². The van der Waals surface area contributed by atoms with Gasteiger partial charge in [0.15, 0.2) is 0 Å². The van der Waals surface area contributed by atoms with Crippen molar-refractivity contribution in [2.45, 2.75) is 46.3 Å². The van der Waals surface area contributed by atoms with Crippen LogP contribution in [0.4, 0.5) is 13.2 Å². The zero-order valence-electron chi connectivity index (χ0n) is 12.2. The van der Waals surface area contributed by atoms with Crippen LogP contribution in [-0.4, -0.2) is 6.54 Å². The molecule has 1 nitrogen and oxygen atoms in total. The van der Waals surface area contributed by atoms with Crippen molar-refractivity contribution in [2.24, 2.45) is 5.41 Å². The van der Waals surface area contributed by atoms with E-state index in [1.54, 1.807) is 6.07 Å². The van der Waals surface area contributed by atoms with Gasteiger partial charge in [-0.25, -0.2) is 0 Å². The van der Waals surface area contributed by atoms with Crippen molar-refractivity contribution in [2.75, 3.05) is 6.54 Å². The third-order valence-corrected chi connectivity index (χ3v) is 3.79. The second-order valence-electron chi connectivity index (χ2n) is 5.99. The number of nitrogens with one attached hydrogen (secondary N) is 1. The van der Waals surface area contributed by atoms with E-state index in [4.69, 9.17) is 0 Å². The van der Waals surface area contributed by atoms with E-state index in [-0.39, 0.29) is 15.9 Å². The molecule has 0 fully saturated rings. The molecule has 1 aromatic carbocycles. The zero-order chi connectivity index (χ0) is 15.6. The van der Waals surface area contributed by atoms with Crippen LogP contribution in [0, 0.1) is 5.41 Å². The molecule has 1 unspecified atom stereocenters. The molecule has 0 radical (unpaired) electrons. The Kier molecular flexibility index (Phi) is 5.67. The molecule has 0 saturated heterocycles. The lowest BCUT2D eigenvalue weighted by molar-refractivity contribution is -0.138. The third kappa shape index (κ3) is 4.48. The van der Waals surface area contributed by atoms with E-state index in [2.05, 4.69) is 21.2 Å². The standard InChI is InChI=1S/C15H21BrF3N/c1-5-8-20-13(14(2,3)4)10-6-7-12(16)11(9-10)15(17,18)19/h6-7,9,13,20H,5,8H2,1-4H3. The molecule has 0 aromatic heterocycles. The molecule has 0 spiro atoms. The van der Waals surface area contributed by atoms with Gasteiger partial charge in [-0.05, 0) is 36.1 Å². The maximum absolute atomic E-state index is 13.0. The van der Waals surface area contributed by atoms with Gasteiger partial charge in [-0.2, -0.15) is 13.2 Å².